The van der Waals surface area contributed by atoms with E-state index in [9.17, 15) is 18.3 Å². The molecule has 0 heterocycles. The van der Waals surface area contributed by atoms with Crippen LogP contribution in [0.5, 0.6) is 11.5 Å². The molecule has 2 aromatic rings. The lowest BCUT2D eigenvalue weighted by molar-refractivity contribution is -0.123. The predicted molar refractivity (Wildman–Crippen MR) is 150 cm³/mol. The van der Waals surface area contributed by atoms with Crippen LogP contribution in [0.15, 0.2) is 34.8 Å². The fraction of sp³-hybridized carbons (Fsp3) is 0.480. The molecule has 0 fully saturated rings. The molecule has 0 unspecified atom stereocenters. The summed E-state index contributed by atoms with van der Waals surface area (Å²) in [6, 6.07) is 11.1. The van der Waals surface area contributed by atoms with Crippen molar-refractivity contribution in [1.82, 2.24) is 5.32 Å². The smallest absolute Gasteiger partial charge is 0.258 e. The van der Waals surface area contributed by atoms with Crippen LogP contribution < -0.4 is 14.8 Å². The van der Waals surface area contributed by atoms with Gasteiger partial charge < -0.3 is 19.6 Å². The molecule has 8 nitrogen and oxygen atoms in total. The summed E-state index contributed by atoms with van der Waals surface area (Å²) in [7, 11) is -5.68. The largest absolute Gasteiger partial charge is 0.506 e. The number of amides is 1. The van der Waals surface area contributed by atoms with E-state index in [1.807, 2.05) is 26.0 Å². The van der Waals surface area contributed by atoms with Gasteiger partial charge in [0.25, 0.3) is 5.91 Å². The van der Waals surface area contributed by atoms with Crippen LogP contribution in [0.1, 0.15) is 43.6 Å². The molecule has 0 aliphatic carbocycles. The molecule has 11 heteroatoms. The lowest BCUT2D eigenvalue weighted by Gasteiger charge is -2.34. The standard InChI is InChI=1S/C25H37BrN2O6SSi/c1-7-36(8-2,9-3)34-23(19-10-11-22(29)21(14-19)28-35(6,31)32)15-27-24(30)16-33-20-12-17(4)25(26)18(5)13-20/h10-14,23,28-29H,7-9,15-16H2,1-6H3,(H,27,30)/t23-/m0/s1. The summed E-state index contributed by atoms with van der Waals surface area (Å²) in [6.45, 7) is 10.3. The van der Waals surface area contributed by atoms with Gasteiger partial charge in [0.2, 0.25) is 10.0 Å². The van der Waals surface area contributed by atoms with E-state index in [0.29, 0.717) is 11.3 Å². The maximum Gasteiger partial charge on any atom is 0.258 e. The number of benzene rings is 2. The van der Waals surface area contributed by atoms with Crippen molar-refractivity contribution in [2.75, 3.05) is 24.1 Å². The van der Waals surface area contributed by atoms with Crippen molar-refractivity contribution >= 4 is 45.9 Å². The molecule has 200 valence electrons. The minimum absolute atomic E-state index is 0.0657. The Hall–Kier alpha value is -2.08. The Labute approximate surface area is 224 Å². The number of nitrogens with one attached hydrogen (secondary N) is 2. The fourth-order valence-corrected chi connectivity index (χ4v) is 7.58. The molecule has 2 aromatic carbocycles. The Morgan fingerprint density at radius 2 is 1.67 bits per heavy atom. The van der Waals surface area contributed by atoms with Crippen molar-refractivity contribution < 1.29 is 27.5 Å². The average molecular weight is 602 g/mol. The number of phenols is 1. The number of sulfonamides is 1. The second kappa shape index (κ2) is 12.9. The Kier molecular flexibility index (Phi) is 10.8. The molecular weight excluding hydrogens is 564 g/mol. The van der Waals surface area contributed by atoms with Gasteiger partial charge in [0.05, 0.1) is 18.0 Å². The second-order valence-electron chi connectivity index (χ2n) is 8.96. The number of hydrogen-bond donors (Lipinski definition) is 3. The first-order valence-corrected chi connectivity index (χ1v) is 17.2. The third-order valence-corrected chi connectivity index (χ3v) is 12.8. The summed E-state index contributed by atoms with van der Waals surface area (Å²) in [5.41, 5.74) is 2.76. The molecule has 0 saturated heterocycles. The number of carbonyl (C=O) groups is 1. The van der Waals surface area contributed by atoms with Gasteiger partial charge in [0.15, 0.2) is 14.9 Å². The summed E-state index contributed by atoms with van der Waals surface area (Å²) in [6.07, 6.45) is 0.503. The topological polar surface area (TPSA) is 114 Å². The van der Waals surface area contributed by atoms with Crippen LogP contribution in [0.4, 0.5) is 5.69 Å². The molecule has 0 radical (unpaired) electrons. The van der Waals surface area contributed by atoms with Gasteiger partial charge in [-0.1, -0.05) is 42.8 Å². The molecule has 0 bridgehead atoms. The molecule has 1 amide bonds. The van der Waals surface area contributed by atoms with E-state index in [2.05, 4.69) is 46.7 Å². The number of phenolic OH excluding ortho intramolecular Hbond substituents is 1. The molecule has 0 saturated carbocycles. The molecule has 0 aromatic heterocycles. The Bertz CT molecular complexity index is 1140. The highest BCUT2D eigenvalue weighted by Crippen LogP contribution is 2.33. The van der Waals surface area contributed by atoms with Gasteiger partial charge in [-0.15, -0.1) is 0 Å². The zero-order chi connectivity index (χ0) is 27.1. The third-order valence-electron chi connectivity index (χ3n) is 6.28. The maximum atomic E-state index is 12.7. The number of halogens is 1. The first-order valence-electron chi connectivity index (χ1n) is 12.0. The molecule has 1 atom stereocenters. The Morgan fingerprint density at radius 3 is 2.19 bits per heavy atom. The molecule has 3 N–H and O–H groups in total. The lowest BCUT2D eigenvalue weighted by Crippen LogP contribution is -2.41. The number of aryl methyl sites for hydroxylation is 2. The summed E-state index contributed by atoms with van der Waals surface area (Å²) in [5.74, 6) is 0.123. The van der Waals surface area contributed by atoms with Crippen molar-refractivity contribution in [1.29, 1.82) is 0 Å². The van der Waals surface area contributed by atoms with Crippen LogP contribution in [0, 0.1) is 13.8 Å². The van der Waals surface area contributed by atoms with Crippen molar-refractivity contribution in [3.63, 3.8) is 0 Å². The van der Waals surface area contributed by atoms with Crippen LogP contribution in [0.2, 0.25) is 18.1 Å². The fourth-order valence-electron chi connectivity index (χ4n) is 3.96. The molecule has 0 spiro atoms. The lowest BCUT2D eigenvalue weighted by atomic mass is 10.1. The number of ether oxygens (including phenoxy) is 1. The van der Waals surface area contributed by atoms with Gasteiger partial charge in [0, 0.05) is 11.0 Å². The highest BCUT2D eigenvalue weighted by Gasteiger charge is 2.33. The third kappa shape index (κ3) is 8.50. The summed E-state index contributed by atoms with van der Waals surface area (Å²) in [4.78, 5) is 12.7. The molecule has 2 rings (SSSR count). The van der Waals surface area contributed by atoms with Crippen LogP contribution in [-0.4, -0.2) is 47.2 Å². The maximum absolute atomic E-state index is 12.7. The van der Waals surface area contributed by atoms with E-state index in [-0.39, 0.29) is 30.5 Å². The van der Waals surface area contributed by atoms with Crippen LogP contribution >= 0.6 is 15.9 Å². The number of carbonyl (C=O) groups excluding carboxylic acids is 1. The van der Waals surface area contributed by atoms with Gasteiger partial charge in [-0.25, -0.2) is 8.42 Å². The SMILES string of the molecule is CC[Si](CC)(CC)O[C@@H](CNC(=O)COc1cc(C)c(Br)c(C)c1)c1ccc(O)c(NS(C)(=O)=O)c1. The van der Waals surface area contributed by atoms with E-state index in [1.165, 1.54) is 6.07 Å². The van der Waals surface area contributed by atoms with Crippen LogP contribution in [0.3, 0.4) is 0 Å². The summed E-state index contributed by atoms with van der Waals surface area (Å²) in [5, 5.41) is 13.0. The van der Waals surface area contributed by atoms with E-state index >= 15 is 0 Å². The number of anilines is 1. The highest BCUT2D eigenvalue weighted by atomic mass is 79.9. The van der Waals surface area contributed by atoms with Crippen molar-refractivity contribution in [3.8, 4) is 11.5 Å². The zero-order valence-electron chi connectivity index (χ0n) is 21.8. The monoisotopic (exact) mass is 600 g/mol. The Balaban J connectivity index is 2.22. The molecule has 0 aliphatic heterocycles. The summed E-state index contributed by atoms with van der Waals surface area (Å²) >= 11 is 3.52. The van der Waals surface area contributed by atoms with Crippen molar-refractivity contribution in [2.45, 2.75) is 58.9 Å². The first-order chi connectivity index (χ1) is 16.8. The van der Waals surface area contributed by atoms with Crippen molar-refractivity contribution in [3.05, 3.63) is 51.5 Å². The summed E-state index contributed by atoms with van der Waals surface area (Å²) < 4.78 is 39.2. The van der Waals surface area contributed by atoms with E-state index in [1.54, 1.807) is 12.1 Å². The predicted octanol–water partition coefficient (Wildman–Crippen LogP) is 5.40. The molecule has 0 aliphatic rings. The van der Waals surface area contributed by atoms with E-state index < -0.39 is 24.4 Å². The normalized spacial score (nSPS) is 12.8. The quantitative estimate of drug-likeness (QED) is 0.209. The molecule has 36 heavy (non-hydrogen) atoms. The average Bonchev–Trinajstić information content (AvgIpc) is 2.82. The number of rotatable bonds is 13. The minimum Gasteiger partial charge on any atom is -0.506 e. The van der Waals surface area contributed by atoms with Gasteiger partial charge in [-0.3, -0.25) is 9.52 Å². The molecular formula is C25H37BrN2O6SSi. The zero-order valence-corrected chi connectivity index (χ0v) is 25.2. The van der Waals surface area contributed by atoms with E-state index in [4.69, 9.17) is 9.16 Å². The van der Waals surface area contributed by atoms with Gasteiger partial charge in [-0.2, -0.15) is 0 Å². The van der Waals surface area contributed by atoms with Gasteiger partial charge >= 0.3 is 0 Å². The van der Waals surface area contributed by atoms with Crippen LogP contribution in [0.25, 0.3) is 0 Å². The van der Waals surface area contributed by atoms with E-state index in [0.717, 1.165) is 40.0 Å². The highest BCUT2D eigenvalue weighted by molar-refractivity contribution is 9.10. The van der Waals surface area contributed by atoms with Gasteiger partial charge in [-0.05, 0) is 72.9 Å². The van der Waals surface area contributed by atoms with Gasteiger partial charge in [0.1, 0.15) is 11.5 Å². The number of aromatic hydroxyl groups is 1. The Morgan fingerprint density at radius 1 is 1.08 bits per heavy atom. The number of hydrogen-bond acceptors (Lipinski definition) is 6. The second-order valence-corrected chi connectivity index (χ2v) is 16.2. The first kappa shape index (κ1) is 30.1. The van der Waals surface area contributed by atoms with Crippen LogP contribution in [-0.2, 0) is 19.2 Å². The van der Waals surface area contributed by atoms with Crippen molar-refractivity contribution in [2.24, 2.45) is 0 Å². The minimum atomic E-state index is -3.59.